The summed E-state index contributed by atoms with van der Waals surface area (Å²) in [5, 5.41) is 10.7. The van der Waals surface area contributed by atoms with Gasteiger partial charge in [0.05, 0.1) is 5.52 Å². The zero-order chi connectivity index (χ0) is 15.4. The second-order valence-corrected chi connectivity index (χ2v) is 5.24. The normalized spacial score (nSPS) is 12.8. The van der Waals surface area contributed by atoms with E-state index in [-0.39, 0.29) is 11.9 Å². The number of hydrogen-bond acceptors (Lipinski definition) is 4. The molecule has 0 spiro atoms. The van der Waals surface area contributed by atoms with Crippen molar-refractivity contribution < 1.29 is 4.79 Å². The van der Waals surface area contributed by atoms with Crippen molar-refractivity contribution >= 4 is 22.5 Å². The van der Waals surface area contributed by atoms with E-state index in [1.807, 2.05) is 13.0 Å². The minimum Gasteiger partial charge on any atom is -0.399 e. The lowest BCUT2D eigenvalue weighted by Gasteiger charge is -2.23. The molecule has 0 aliphatic rings. The number of anilines is 1. The number of aromatic nitrogens is 2. The molecule has 114 valence electrons. The first-order chi connectivity index (χ1) is 10.0. The highest BCUT2D eigenvalue weighted by Crippen LogP contribution is 2.18. The van der Waals surface area contributed by atoms with Crippen molar-refractivity contribution in [2.75, 3.05) is 25.4 Å². The molecule has 0 saturated heterocycles. The summed E-state index contributed by atoms with van der Waals surface area (Å²) in [6.45, 7) is 8.99. The summed E-state index contributed by atoms with van der Waals surface area (Å²) in [6.07, 6.45) is 0. The average Bonchev–Trinajstić information content (AvgIpc) is 2.87. The monoisotopic (exact) mass is 289 g/mol. The van der Waals surface area contributed by atoms with Gasteiger partial charge in [-0.1, -0.05) is 13.8 Å². The van der Waals surface area contributed by atoms with Crippen molar-refractivity contribution in [3.05, 3.63) is 23.9 Å². The molecule has 1 amide bonds. The van der Waals surface area contributed by atoms with Gasteiger partial charge in [0, 0.05) is 23.7 Å². The molecular weight excluding hydrogens is 266 g/mol. The number of nitrogen functional groups attached to an aromatic ring is 1. The third-order valence-electron chi connectivity index (χ3n) is 3.61. The summed E-state index contributed by atoms with van der Waals surface area (Å²) in [5.41, 5.74) is 7.60. The zero-order valence-electron chi connectivity index (χ0n) is 12.8. The summed E-state index contributed by atoms with van der Waals surface area (Å²) in [7, 11) is 0. The Kier molecular flexibility index (Phi) is 4.80. The number of hydrogen-bond donors (Lipinski definition) is 3. The van der Waals surface area contributed by atoms with Crippen molar-refractivity contribution in [2.45, 2.75) is 26.8 Å². The average molecular weight is 289 g/mol. The number of benzene rings is 1. The van der Waals surface area contributed by atoms with Gasteiger partial charge in [0.15, 0.2) is 5.69 Å². The molecular formula is C15H23N5O. The van der Waals surface area contributed by atoms with Crippen LogP contribution in [0.1, 0.15) is 31.3 Å². The van der Waals surface area contributed by atoms with Gasteiger partial charge in [0.25, 0.3) is 5.91 Å². The van der Waals surface area contributed by atoms with Gasteiger partial charge in [-0.3, -0.25) is 9.89 Å². The highest BCUT2D eigenvalue weighted by atomic mass is 16.2. The van der Waals surface area contributed by atoms with Crippen LogP contribution in [0.2, 0.25) is 0 Å². The maximum Gasteiger partial charge on any atom is 0.272 e. The first kappa shape index (κ1) is 15.3. The van der Waals surface area contributed by atoms with E-state index in [1.165, 1.54) is 0 Å². The molecule has 0 fully saturated rings. The van der Waals surface area contributed by atoms with Crippen molar-refractivity contribution in [3.8, 4) is 0 Å². The van der Waals surface area contributed by atoms with Crippen LogP contribution in [0.25, 0.3) is 10.9 Å². The lowest BCUT2D eigenvalue weighted by Crippen LogP contribution is -2.42. The minimum absolute atomic E-state index is 0.0604. The SMILES string of the molecule is CCN(CC)CC(C)NC(=O)c1n[nH]c2ccc(N)cc12. The van der Waals surface area contributed by atoms with E-state index in [2.05, 4.69) is 34.3 Å². The maximum absolute atomic E-state index is 12.3. The summed E-state index contributed by atoms with van der Waals surface area (Å²) < 4.78 is 0. The molecule has 1 unspecified atom stereocenters. The number of fused-ring (bicyclic) bond motifs is 1. The van der Waals surface area contributed by atoms with Crippen molar-refractivity contribution in [3.63, 3.8) is 0 Å². The molecule has 4 N–H and O–H groups in total. The van der Waals surface area contributed by atoms with Gasteiger partial charge in [0.1, 0.15) is 0 Å². The number of nitrogens with two attached hydrogens (primary N) is 1. The van der Waals surface area contributed by atoms with Crippen molar-refractivity contribution in [2.24, 2.45) is 0 Å². The van der Waals surface area contributed by atoms with Crippen LogP contribution in [-0.2, 0) is 0 Å². The van der Waals surface area contributed by atoms with Gasteiger partial charge in [-0.25, -0.2) is 0 Å². The van der Waals surface area contributed by atoms with Crippen LogP contribution in [0, 0.1) is 0 Å². The molecule has 0 aliphatic carbocycles. The third kappa shape index (κ3) is 3.52. The number of aromatic amines is 1. The Balaban J connectivity index is 2.10. The largest absolute Gasteiger partial charge is 0.399 e. The van der Waals surface area contributed by atoms with Crippen LogP contribution < -0.4 is 11.1 Å². The molecule has 1 aromatic heterocycles. The highest BCUT2D eigenvalue weighted by molar-refractivity contribution is 6.05. The van der Waals surface area contributed by atoms with E-state index < -0.39 is 0 Å². The number of amides is 1. The molecule has 6 heteroatoms. The Labute approximate surface area is 124 Å². The molecule has 2 aromatic rings. The second kappa shape index (κ2) is 6.58. The third-order valence-corrected chi connectivity index (χ3v) is 3.61. The zero-order valence-corrected chi connectivity index (χ0v) is 12.8. The van der Waals surface area contributed by atoms with Gasteiger partial charge in [-0.05, 0) is 38.2 Å². The standard InChI is InChI=1S/C15H23N5O/c1-4-20(5-2)9-10(3)17-15(21)14-12-8-11(16)6-7-13(12)18-19-14/h6-8,10H,4-5,9,16H2,1-3H3,(H,17,21)(H,18,19). The predicted octanol–water partition coefficient (Wildman–Crippen LogP) is 1.61. The van der Waals surface area contributed by atoms with E-state index >= 15 is 0 Å². The van der Waals surface area contributed by atoms with Gasteiger partial charge in [-0.2, -0.15) is 5.10 Å². The minimum atomic E-state index is -0.175. The first-order valence-corrected chi connectivity index (χ1v) is 7.32. The van der Waals surface area contributed by atoms with Crippen LogP contribution in [0.5, 0.6) is 0 Å². The summed E-state index contributed by atoms with van der Waals surface area (Å²) >= 11 is 0. The molecule has 0 saturated carbocycles. The van der Waals surface area contributed by atoms with Crippen LogP contribution in [0.3, 0.4) is 0 Å². The number of likely N-dealkylation sites (N-methyl/N-ethyl adjacent to an activating group) is 1. The van der Waals surface area contributed by atoms with E-state index in [0.717, 1.165) is 30.5 Å². The van der Waals surface area contributed by atoms with Gasteiger partial charge >= 0.3 is 0 Å². The molecule has 0 aliphatic heterocycles. The van der Waals surface area contributed by atoms with E-state index in [4.69, 9.17) is 5.73 Å². The molecule has 1 heterocycles. The van der Waals surface area contributed by atoms with E-state index in [0.29, 0.717) is 11.4 Å². The molecule has 0 bridgehead atoms. The Bertz CT molecular complexity index is 618. The van der Waals surface area contributed by atoms with E-state index in [9.17, 15) is 4.79 Å². The van der Waals surface area contributed by atoms with Crippen LogP contribution in [0.4, 0.5) is 5.69 Å². The maximum atomic E-state index is 12.3. The van der Waals surface area contributed by atoms with Crippen LogP contribution in [-0.4, -0.2) is 46.7 Å². The number of H-pyrrole nitrogens is 1. The topological polar surface area (TPSA) is 87.0 Å². The number of carbonyl (C=O) groups is 1. The van der Waals surface area contributed by atoms with E-state index in [1.54, 1.807) is 12.1 Å². The fourth-order valence-corrected chi connectivity index (χ4v) is 2.41. The fourth-order valence-electron chi connectivity index (χ4n) is 2.41. The predicted molar refractivity (Wildman–Crippen MR) is 85.2 cm³/mol. The quantitative estimate of drug-likeness (QED) is 0.705. The van der Waals surface area contributed by atoms with Crippen molar-refractivity contribution in [1.82, 2.24) is 20.4 Å². The van der Waals surface area contributed by atoms with Gasteiger partial charge < -0.3 is 16.0 Å². The summed E-state index contributed by atoms with van der Waals surface area (Å²) in [4.78, 5) is 14.6. The molecule has 0 radical (unpaired) electrons. The lowest BCUT2D eigenvalue weighted by molar-refractivity contribution is 0.0927. The molecule has 1 aromatic carbocycles. The molecule has 1 atom stereocenters. The van der Waals surface area contributed by atoms with Crippen LogP contribution >= 0.6 is 0 Å². The number of carbonyl (C=O) groups excluding carboxylic acids is 1. The Morgan fingerprint density at radius 1 is 1.43 bits per heavy atom. The summed E-state index contributed by atoms with van der Waals surface area (Å²) in [6, 6.07) is 5.44. The smallest absolute Gasteiger partial charge is 0.272 e. The molecule has 6 nitrogen and oxygen atoms in total. The Morgan fingerprint density at radius 3 is 2.81 bits per heavy atom. The van der Waals surface area contributed by atoms with Gasteiger partial charge in [0.2, 0.25) is 0 Å². The fraction of sp³-hybridized carbons (Fsp3) is 0.467. The number of rotatable bonds is 6. The summed E-state index contributed by atoms with van der Waals surface area (Å²) in [5.74, 6) is -0.175. The lowest BCUT2D eigenvalue weighted by atomic mass is 10.1. The molecule has 2 rings (SSSR count). The second-order valence-electron chi connectivity index (χ2n) is 5.24. The van der Waals surface area contributed by atoms with Crippen molar-refractivity contribution in [1.29, 1.82) is 0 Å². The number of nitrogens with zero attached hydrogens (tertiary/aromatic N) is 2. The Hall–Kier alpha value is -2.08. The first-order valence-electron chi connectivity index (χ1n) is 7.32. The van der Waals surface area contributed by atoms with Crippen LogP contribution in [0.15, 0.2) is 18.2 Å². The highest BCUT2D eigenvalue weighted by Gasteiger charge is 2.17. The Morgan fingerprint density at radius 2 is 2.14 bits per heavy atom. The molecule has 21 heavy (non-hydrogen) atoms. The number of nitrogens with one attached hydrogen (secondary N) is 2. The van der Waals surface area contributed by atoms with Gasteiger partial charge in [-0.15, -0.1) is 0 Å².